The summed E-state index contributed by atoms with van der Waals surface area (Å²) in [4.78, 5) is 39.2. The summed E-state index contributed by atoms with van der Waals surface area (Å²) in [6, 6.07) is 0. The molecule has 8 rings (SSSR count). The van der Waals surface area contributed by atoms with Crippen LogP contribution >= 0.6 is 0 Å². The normalized spacial score (nSPS) is 66.1. The molecule has 8 aliphatic rings. The van der Waals surface area contributed by atoms with Gasteiger partial charge in [0.1, 0.15) is 24.1 Å². The molecule has 0 amide bonds. The van der Waals surface area contributed by atoms with E-state index in [0.29, 0.717) is 12.8 Å². The van der Waals surface area contributed by atoms with E-state index in [1.54, 1.807) is 13.8 Å². The van der Waals surface area contributed by atoms with Crippen LogP contribution in [0.4, 0.5) is 0 Å². The van der Waals surface area contributed by atoms with E-state index in [-0.39, 0.29) is 71.5 Å². The van der Waals surface area contributed by atoms with Gasteiger partial charge in [-0.05, 0) is 44.4 Å². The summed E-state index contributed by atoms with van der Waals surface area (Å²) < 4.78 is 25.2. The van der Waals surface area contributed by atoms with E-state index in [9.17, 15) is 24.6 Å². The first kappa shape index (κ1) is 22.6. The largest absolute Gasteiger partial charge is 0.459 e. The molecule has 4 aliphatic carbocycles. The molecule has 4 aliphatic heterocycles. The lowest BCUT2D eigenvalue weighted by atomic mass is 9.43. The van der Waals surface area contributed by atoms with Crippen LogP contribution in [0.15, 0.2) is 0 Å². The van der Waals surface area contributed by atoms with Gasteiger partial charge >= 0.3 is 5.97 Å². The van der Waals surface area contributed by atoms with Crippen molar-refractivity contribution in [3.8, 4) is 0 Å². The Kier molecular flexibility index (Phi) is 3.92. The molecular weight excluding hydrogens is 468 g/mol. The zero-order valence-corrected chi connectivity index (χ0v) is 21.0. The molecule has 4 saturated heterocycles. The minimum absolute atomic E-state index is 0.00378. The quantitative estimate of drug-likeness (QED) is 0.500. The average molecular weight is 503 g/mol. The van der Waals surface area contributed by atoms with Gasteiger partial charge in [0, 0.05) is 30.6 Å². The first-order valence-electron chi connectivity index (χ1n) is 13.6. The molecule has 9 heteroatoms. The SMILES string of the molecule is C[C@H]1C(=O)OC(C2O[C@]34C[C@H]5[C@@H](C[C@H]6O[C@H]7CC(=O)[C@@]5(C)[C@@]6(O)C7=O)[C@@H]5C[C@@H](O3)[C@@H]([C@@H]54)[C@@]2(C)O)[C@@H]1C. The molecule has 0 aromatic rings. The maximum Gasteiger partial charge on any atom is 0.309 e. The molecule has 2 N–H and O–H groups in total. The number of esters is 1. The topological polar surface area (TPSA) is 129 Å². The molecule has 4 heterocycles. The Morgan fingerprint density at radius 3 is 2.42 bits per heavy atom. The molecule has 2 unspecified atom stereocenters. The van der Waals surface area contributed by atoms with Crippen molar-refractivity contribution < 1.29 is 43.5 Å². The highest BCUT2D eigenvalue weighted by atomic mass is 16.7. The highest BCUT2D eigenvalue weighted by Gasteiger charge is 2.83. The Bertz CT molecular complexity index is 1120. The Labute approximate surface area is 209 Å². The summed E-state index contributed by atoms with van der Waals surface area (Å²) in [5.74, 6) is -2.64. The van der Waals surface area contributed by atoms with Crippen molar-refractivity contribution in [2.75, 3.05) is 0 Å². The van der Waals surface area contributed by atoms with E-state index in [0.717, 1.165) is 6.42 Å². The third kappa shape index (κ3) is 2.10. The number of fused-ring (bicyclic) bond motifs is 4. The Hall–Kier alpha value is -1.39. The summed E-state index contributed by atoms with van der Waals surface area (Å²) in [5.41, 5.74) is -4.37. The molecule has 36 heavy (non-hydrogen) atoms. The summed E-state index contributed by atoms with van der Waals surface area (Å²) in [6.45, 7) is 7.32. The highest BCUT2D eigenvalue weighted by Crippen LogP contribution is 2.74. The van der Waals surface area contributed by atoms with Crippen LogP contribution in [0.5, 0.6) is 0 Å². The van der Waals surface area contributed by atoms with Crippen LogP contribution in [0.1, 0.15) is 53.4 Å². The summed E-state index contributed by atoms with van der Waals surface area (Å²) >= 11 is 0. The van der Waals surface area contributed by atoms with Crippen LogP contribution in [-0.2, 0) is 33.3 Å². The fourth-order valence-electron chi connectivity index (χ4n) is 10.5. The molecule has 6 bridgehead atoms. The van der Waals surface area contributed by atoms with Crippen molar-refractivity contribution in [2.45, 2.75) is 101 Å². The number of rotatable bonds is 1. The van der Waals surface area contributed by atoms with Crippen LogP contribution < -0.4 is 0 Å². The maximum atomic E-state index is 13.6. The molecule has 0 aromatic carbocycles. The van der Waals surface area contributed by atoms with Crippen molar-refractivity contribution in [3.05, 3.63) is 0 Å². The number of hydrogen-bond donors (Lipinski definition) is 2. The lowest BCUT2D eigenvalue weighted by Crippen LogP contribution is -2.74. The third-order valence-electron chi connectivity index (χ3n) is 12.4. The van der Waals surface area contributed by atoms with Crippen LogP contribution in [0.2, 0.25) is 0 Å². The number of cyclic esters (lactones) is 1. The predicted octanol–water partition coefficient (Wildman–Crippen LogP) is 0.768. The number of ether oxygens (including phenoxy) is 4. The monoisotopic (exact) mass is 502 g/mol. The number of ketones is 2. The van der Waals surface area contributed by atoms with E-state index in [1.165, 1.54) is 0 Å². The second-order valence-corrected chi connectivity index (χ2v) is 13.5. The lowest BCUT2D eigenvalue weighted by Gasteiger charge is -2.64. The summed E-state index contributed by atoms with van der Waals surface area (Å²) in [6.07, 6.45) is -1.50. The molecule has 16 atom stereocenters. The van der Waals surface area contributed by atoms with E-state index in [2.05, 4.69) is 0 Å². The molecule has 0 spiro atoms. The Morgan fingerprint density at radius 2 is 1.72 bits per heavy atom. The van der Waals surface area contributed by atoms with E-state index < -0.39 is 46.8 Å². The number of aliphatic hydroxyl groups is 2. The molecule has 9 nitrogen and oxygen atoms in total. The van der Waals surface area contributed by atoms with Gasteiger partial charge in [-0.3, -0.25) is 14.4 Å². The van der Waals surface area contributed by atoms with Crippen LogP contribution in [0.3, 0.4) is 0 Å². The van der Waals surface area contributed by atoms with Gasteiger partial charge in [-0.15, -0.1) is 0 Å². The number of carbonyl (C=O) groups is 3. The Morgan fingerprint density at radius 1 is 0.972 bits per heavy atom. The van der Waals surface area contributed by atoms with Gasteiger partial charge in [-0.1, -0.05) is 13.8 Å². The van der Waals surface area contributed by atoms with Crippen LogP contribution in [-0.4, -0.2) is 75.3 Å². The maximum absolute atomic E-state index is 13.6. The van der Waals surface area contributed by atoms with Crippen LogP contribution in [0.25, 0.3) is 0 Å². The fourth-order valence-corrected chi connectivity index (χ4v) is 10.5. The van der Waals surface area contributed by atoms with Gasteiger partial charge in [-0.25, -0.2) is 0 Å². The first-order chi connectivity index (χ1) is 16.9. The van der Waals surface area contributed by atoms with Crippen LogP contribution in [0, 0.1) is 46.8 Å². The lowest BCUT2D eigenvalue weighted by molar-refractivity contribution is -0.369. The molecular formula is C27H34O9. The first-order valence-corrected chi connectivity index (χ1v) is 13.6. The zero-order chi connectivity index (χ0) is 25.3. The van der Waals surface area contributed by atoms with Crippen molar-refractivity contribution >= 4 is 17.5 Å². The minimum Gasteiger partial charge on any atom is -0.459 e. The molecule has 8 fully saturated rings. The highest BCUT2D eigenvalue weighted by molar-refractivity contribution is 6.08. The average Bonchev–Trinajstić information content (AvgIpc) is 3.48. The summed E-state index contributed by atoms with van der Waals surface area (Å²) in [7, 11) is 0. The van der Waals surface area contributed by atoms with Crippen molar-refractivity contribution in [2.24, 2.45) is 46.8 Å². The zero-order valence-electron chi connectivity index (χ0n) is 21.0. The second kappa shape index (κ2) is 6.25. The van der Waals surface area contributed by atoms with E-state index in [4.69, 9.17) is 18.9 Å². The van der Waals surface area contributed by atoms with Gasteiger partial charge in [0.05, 0.1) is 29.1 Å². The van der Waals surface area contributed by atoms with Crippen molar-refractivity contribution in [1.29, 1.82) is 0 Å². The minimum atomic E-state index is -1.83. The smallest absolute Gasteiger partial charge is 0.309 e. The Balaban J connectivity index is 1.23. The van der Waals surface area contributed by atoms with Gasteiger partial charge in [0.25, 0.3) is 0 Å². The van der Waals surface area contributed by atoms with Gasteiger partial charge < -0.3 is 29.2 Å². The third-order valence-corrected chi connectivity index (χ3v) is 12.4. The number of carbonyl (C=O) groups excluding carboxylic acids is 3. The van der Waals surface area contributed by atoms with Gasteiger partial charge in [0.15, 0.2) is 17.2 Å². The molecule has 4 saturated carbocycles. The van der Waals surface area contributed by atoms with Crippen molar-refractivity contribution in [3.63, 3.8) is 0 Å². The fraction of sp³-hybridized carbons (Fsp3) is 0.889. The predicted molar refractivity (Wildman–Crippen MR) is 119 cm³/mol. The van der Waals surface area contributed by atoms with E-state index in [1.807, 2.05) is 13.8 Å². The molecule has 0 aromatic heterocycles. The number of hydrogen-bond acceptors (Lipinski definition) is 9. The summed E-state index contributed by atoms with van der Waals surface area (Å²) in [5, 5.41) is 23.8. The van der Waals surface area contributed by atoms with E-state index >= 15 is 0 Å². The van der Waals surface area contributed by atoms with Gasteiger partial charge in [0.2, 0.25) is 0 Å². The van der Waals surface area contributed by atoms with Gasteiger partial charge in [-0.2, -0.15) is 0 Å². The van der Waals surface area contributed by atoms with Crippen molar-refractivity contribution in [1.82, 2.24) is 0 Å². The second-order valence-electron chi connectivity index (χ2n) is 13.5. The number of Topliss-reactive ketones (excluding diaryl/α,β-unsaturated/α-hetero) is 2. The molecule has 0 radical (unpaired) electrons. The molecule has 196 valence electrons. The standard InChI is InChI=1S/C27H34O9/c1-9-10(2)23(30)34-20(9)22-25(4,31)19-14-5-12-11-6-17-27(32)21(29)15(33-17)7-16(28)24(27,3)13(11)8-26(35-14,36-22)18(12)19/h9-15,17-20,22,31-32H,5-8H2,1-4H3/t9-,10-,11+,12+,13+,14-,15+,17-,18-,19+,20?,22?,24+,25-,26+,27+/m1/s1.